The van der Waals surface area contributed by atoms with Gasteiger partial charge in [-0.1, -0.05) is 0 Å². The summed E-state index contributed by atoms with van der Waals surface area (Å²) in [5.74, 6) is -3.96. The zero-order chi connectivity index (χ0) is 17.3. The first-order chi connectivity index (χ1) is 10.8. The summed E-state index contributed by atoms with van der Waals surface area (Å²) in [6, 6.07) is 1.28. The Morgan fingerprint density at radius 2 is 1.96 bits per heavy atom. The van der Waals surface area contributed by atoms with E-state index in [9.17, 15) is 23.9 Å². The van der Waals surface area contributed by atoms with Crippen LogP contribution in [-0.4, -0.2) is 46.0 Å². The van der Waals surface area contributed by atoms with Crippen LogP contribution in [-0.2, 0) is 9.59 Å². The zero-order valence-electron chi connectivity index (χ0n) is 11.3. The van der Waals surface area contributed by atoms with Gasteiger partial charge < -0.3 is 15.5 Å². The predicted octanol–water partition coefficient (Wildman–Crippen LogP) is 1.71. The molecular formula is C13H9Br2FN2O5. The van der Waals surface area contributed by atoms with Crippen molar-refractivity contribution >= 4 is 55.3 Å². The van der Waals surface area contributed by atoms with Gasteiger partial charge in [-0.25, -0.2) is 9.18 Å². The Hall–Kier alpha value is -1.78. The quantitative estimate of drug-likeness (QED) is 0.464. The van der Waals surface area contributed by atoms with Gasteiger partial charge in [0, 0.05) is 10.5 Å². The molecule has 2 rings (SSSR count). The lowest BCUT2D eigenvalue weighted by atomic mass is 10.1. The fourth-order valence-corrected chi connectivity index (χ4v) is 3.22. The molecule has 23 heavy (non-hydrogen) atoms. The van der Waals surface area contributed by atoms with Crippen molar-refractivity contribution in [3.63, 3.8) is 0 Å². The van der Waals surface area contributed by atoms with Gasteiger partial charge in [-0.15, -0.1) is 0 Å². The number of carbonyl (C=O) groups is 3. The molecule has 1 aromatic rings. The van der Waals surface area contributed by atoms with Gasteiger partial charge in [0.05, 0.1) is 23.3 Å². The Morgan fingerprint density at radius 3 is 2.52 bits per heavy atom. The molecule has 0 fully saturated rings. The smallest absolute Gasteiger partial charge is 0.340 e. The van der Waals surface area contributed by atoms with Gasteiger partial charge in [0.15, 0.2) is 5.82 Å². The second-order valence-corrected chi connectivity index (χ2v) is 6.12. The summed E-state index contributed by atoms with van der Waals surface area (Å²) < 4.78 is 14.1. The Labute approximate surface area is 146 Å². The molecule has 0 radical (unpaired) electrons. The van der Waals surface area contributed by atoms with Crippen molar-refractivity contribution in [3.05, 3.63) is 38.2 Å². The number of rotatable bonds is 5. The molecule has 10 heteroatoms. The lowest BCUT2D eigenvalue weighted by Gasteiger charge is -2.16. The summed E-state index contributed by atoms with van der Waals surface area (Å²) in [6.45, 7) is -0.601. The molecule has 0 unspecified atom stereocenters. The molecule has 7 nitrogen and oxygen atoms in total. The number of aromatic carboxylic acids is 1. The SMILES string of the molecule is O=C(O)c1c(F)c(Br)cc(Br)c1NC1=CC(=O)N(CCO)C1=O. The fraction of sp³-hybridized carbons (Fsp3) is 0.154. The minimum atomic E-state index is -1.54. The third-order valence-electron chi connectivity index (χ3n) is 2.98. The van der Waals surface area contributed by atoms with Gasteiger partial charge in [-0.2, -0.15) is 0 Å². The van der Waals surface area contributed by atoms with Crippen LogP contribution in [0.2, 0.25) is 0 Å². The van der Waals surface area contributed by atoms with E-state index in [1.54, 1.807) is 0 Å². The Morgan fingerprint density at radius 1 is 1.30 bits per heavy atom. The van der Waals surface area contributed by atoms with E-state index in [0.717, 1.165) is 11.0 Å². The minimum Gasteiger partial charge on any atom is -0.478 e. The van der Waals surface area contributed by atoms with E-state index in [2.05, 4.69) is 37.2 Å². The number of halogens is 3. The Bertz CT molecular complexity index is 750. The topological polar surface area (TPSA) is 107 Å². The number of imide groups is 1. The van der Waals surface area contributed by atoms with E-state index in [-0.39, 0.29) is 26.9 Å². The van der Waals surface area contributed by atoms with Gasteiger partial charge in [-0.05, 0) is 37.9 Å². The predicted molar refractivity (Wildman–Crippen MR) is 84.3 cm³/mol. The highest BCUT2D eigenvalue weighted by Crippen LogP contribution is 2.35. The maximum atomic E-state index is 14.0. The number of benzene rings is 1. The minimum absolute atomic E-state index is 0.0722. The van der Waals surface area contributed by atoms with Crippen LogP contribution in [0.15, 0.2) is 26.8 Å². The zero-order valence-corrected chi connectivity index (χ0v) is 14.4. The van der Waals surface area contributed by atoms with E-state index >= 15 is 0 Å². The average Bonchev–Trinajstić information content (AvgIpc) is 2.72. The molecule has 0 spiro atoms. The first kappa shape index (κ1) is 17.6. The molecule has 0 aliphatic carbocycles. The van der Waals surface area contributed by atoms with E-state index in [4.69, 9.17) is 5.11 Å². The van der Waals surface area contributed by atoms with Crippen LogP contribution in [0.1, 0.15) is 10.4 Å². The van der Waals surface area contributed by atoms with Gasteiger partial charge in [0.25, 0.3) is 11.8 Å². The molecule has 0 bridgehead atoms. The van der Waals surface area contributed by atoms with Crippen LogP contribution < -0.4 is 5.32 Å². The molecule has 0 saturated carbocycles. The molecule has 1 aliphatic rings. The normalized spacial score (nSPS) is 14.3. The van der Waals surface area contributed by atoms with Crippen LogP contribution in [0.4, 0.5) is 10.1 Å². The highest BCUT2D eigenvalue weighted by molar-refractivity contribution is 9.11. The number of anilines is 1. The molecule has 1 aromatic carbocycles. The van der Waals surface area contributed by atoms with Crippen molar-refractivity contribution in [2.45, 2.75) is 0 Å². The van der Waals surface area contributed by atoms with Gasteiger partial charge in [0.1, 0.15) is 11.3 Å². The lowest BCUT2D eigenvalue weighted by Crippen LogP contribution is -2.34. The van der Waals surface area contributed by atoms with Crippen molar-refractivity contribution in [3.8, 4) is 0 Å². The van der Waals surface area contributed by atoms with Crippen LogP contribution in [0.5, 0.6) is 0 Å². The monoisotopic (exact) mass is 450 g/mol. The number of carbonyl (C=O) groups excluding carboxylic acids is 2. The van der Waals surface area contributed by atoms with Crippen LogP contribution in [0, 0.1) is 5.82 Å². The van der Waals surface area contributed by atoms with Crippen molar-refractivity contribution in [1.82, 2.24) is 4.90 Å². The second-order valence-electron chi connectivity index (χ2n) is 4.41. The number of nitrogens with zero attached hydrogens (tertiary/aromatic N) is 1. The molecule has 0 atom stereocenters. The summed E-state index contributed by atoms with van der Waals surface area (Å²) in [5, 5.41) is 20.5. The summed E-state index contributed by atoms with van der Waals surface area (Å²) in [7, 11) is 0. The fourth-order valence-electron chi connectivity index (χ4n) is 1.96. The number of aliphatic hydroxyl groups is 1. The second kappa shape index (κ2) is 6.77. The number of nitrogens with one attached hydrogen (secondary N) is 1. The Kier molecular flexibility index (Phi) is 5.17. The maximum absolute atomic E-state index is 14.0. The van der Waals surface area contributed by atoms with Crippen molar-refractivity contribution < 1.29 is 29.0 Å². The lowest BCUT2D eigenvalue weighted by molar-refractivity contribution is -0.137. The summed E-state index contributed by atoms with van der Waals surface area (Å²) in [4.78, 5) is 35.8. The Balaban J connectivity index is 2.44. The number of hydrogen-bond donors (Lipinski definition) is 3. The number of aliphatic hydroxyl groups excluding tert-OH is 1. The van der Waals surface area contributed by atoms with E-state index in [1.807, 2.05) is 0 Å². The van der Waals surface area contributed by atoms with Gasteiger partial charge in [0.2, 0.25) is 0 Å². The standard InChI is InChI=1S/C13H9Br2FN2O5/c14-5-3-6(15)11(9(10(5)16)13(22)23)17-7-4-8(20)18(1-2-19)12(7)21/h3-4,17,19H,1-2H2,(H,22,23). The largest absolute Gasteiger partial charge is 0.478 e. The van der Waals surface area contributed by atoms with Crippen molar-refractivity contribution in [2.75, 3.05) is 18.5 Å². The molecule has 0 saturated heterocycles. The van der Waals surface area contributed by atoms with Gasteiger partial charge in [-0.3, -0.25) is 14.5 Å². The molecular weight excluding hydrogens is 443 g/mol. The van der Waals surface area contributed by atoms with Crippen LogP contribution in [0.25, 0.3) is 0 Å². The first-order valence-electron chi connectivity index (χ1n) is 6.14. The number of carboxylic acids is 1. The highest BCUT2D eigenvalue weighted by atomic mass is 79.9. The molecule has 2 amide bonds. The number of amides is 2. The number of β-amino-alcohol motifs (C(OH)–C–C–N with tert-alkyl or cyclic N) is 1. The van der Waals surface area contributed by atoms with E-state index in [1.165, 1.54) is 6.07 Å². The third kappa shape index (κ3) is 3.28. The van der Waals surface area contributed by atoms with Crippen LogP contribution in [0.3, 0.4) is 0 Å². The molecule has 1 heterocycles. The number of hydrogen-bond acceptors (Lipinski definition) is 5. The maximum Gasteiger partial charge on any atom is 0.340 e. The molecule has 122 valence electrons. The number of carboxylic acid groups (broad SMARTS) is 1. The highest BCUT2D eigenvalue weighted by Gasteiger charge is 2.32. The summed E-state index contributed by atoms with van der Waals surface area (Å²) in [5.41, 5.74) is -1.10. The molecule has 0 aromatic heterocycles. The molecule has 3 N–H and O–H groups in total. The van der Waals surface area contributed by atoms with E-state index in [0.29, 0.717) is 0 Å². The summed E-state index contributed by atoms with van der Waals surface area (Å²) >= 11 is 5.98. The van der Waals surface area contributed by atoms with E-state index < -0.39 is 35.8 Å². The van der Waals surface area contributed by atoms with Crippen LogP contribution >= 0.6 is 31.9 Å². The van der Waals surface area contributed by atoms with Crippen molar-refractivity contribution in [1.29, 1.82) is 0 Å². The first-order valence-corrected chi connectivity index (χ1v) is 7.72. The average molecular weight is 452 g/mol. The third-order valence-corrected chi connectivity index (χ3v) is 4.18. The van der Waals surface area contributed by atoms with Crippen molar-refractivity contribution in [2.24, 2.45) is 0 Å². The summed E-state index contributed by atoms with van der Waals surface area (Å²) in [6.07, 6.45) is 0.954. The molecule has 1 aliphatic heterocycles. The van der Waals surface area contributed by atoms with Gasteiger partial charge >= 0.3 is 5.97 Å².